The minimum absolute atomic E-state index is 0.257. The summed E-state index contributed by atoms with van der Waals surface area (Å²) in [7, 11) is -3.36. The van der Waals surface area contributed by atoms with Crippen LogP contribution < -0.4 is 5.32 Å². The van der Waals surface area contributed by atoms with Crippen molar-refractivity contribution in [2.45, 2.75) is 39.5 Å². The first kappa shape index (κ1) is 20.7. The van der Waals surface area contributed by atoms with E-state index in [1.54, 1.807) is 10.5 Å². The van der Waals surface area contributed by atoms with Crippen molar-refractivity contribution in [3.05, 3.63) is 47.9 Å². The maximum atomic E-state index is 12.7. The number of aromatic nitrogens is 2. The average Bonchev–Trinajstić information content (AvgIpc) is 2.69. The van der Waals surface area contributed by atoms with Crippen molar-refractivity contribution in [2.75, 3.05) is 31.5 Å². The van der Waals surface area contributed by atoms with Gasteiger partial charge < -0.3 is 5.32 Å². The third-order valence-electron chi connectivity index (χ3n) is 5.14. The lowest BCUT2D eigenvalue weighted by molar-refractivity contribution is 0.289. The Morgan fingerprint density at radius 3 is 2.50 bits per heavy atom. The van der Waals surface area contributed by atoms with E-state index < -0.39 is 10.2 Å². The molecule has 1 aliphatic rings. The maximum Gasteiger partial charge on any atom is 0.281 e. The highest BCUT2D eigenvalue weighted by atomic mass is 32.2. The second kappa shape index (κ2) is 8.98. The monoisotopic (exact) mass is 403 g/mol. The number of nitrogens with one attached hydrogen (secondary N) is 1. The third kappa shape index (κ3) is 4.68. The Hall–Kier alpha value is -2.03. The van der Waals surface area contributed by atoms with Crippen molar-refractivity contribution in [3.63, 3.8) is 0 Å². The van der Waals surface area contributed by atoms with Crippen LogP contribution in [-0.2, 0) is 10.2 Å². The summed E-state index contributed by atoms with van der Waals surface area (Å²) in [5, 5.41) is 3.32. The van der Waals surface area contributed by atoms with Crippen LogP contribution in [0.15, 0.2) is 36.5 Å². The Labute approximate surface area is 168 Å². The fraction of sp³-hybridized carbons (Fsp3) is 0.500. The molecule has 0 unspecified atom stereocenters. The van der Waals surface area contributed by atoms with E-state index in [0.29, 0.717) is 26.2 Å². The Morgan fingerprint density at radius 1 is 1.18 bits per heavy atom. The zero-order valence-corrected chi connectivity index (χ0v) is 17.6. The van der Waals surface area contributed by atoms with E-state index in [1.165, 1.54) is 4.31 Å². The minimum Gasteiger partial charge on any atom is -0.340 e. The van der Waals surface area contributed by atoms with E-state index in [4.69, 9.17) is 4.98 Å². The molecule has 8 heteroatoms. The topological polar surface area (TPSA) is 78.4 Å². The van der Waals surface area contributed by atoms with Crippen LogP contribution in [0.3, 0.4) is 0 Å². The molecular weight excluding hydrogens is 374 g/mol. The average molecular weight is 404 g/mol. The summed E-state index contributed by atoms with van der Waals surface area (Å²) >= 11 is 0. The number of nitrogens with zero attached hydrogens (tertiary/aromatic N) is 4. The molecule has 28 heavy (non-hydrogen) atoms. The molecular formula is C20H29N5O2S. The summed E-state index contributed by atoms with van der Waals surface area (Å²) in [4.78, 5) is 9.02. The number of anilines is 2. The van der Waals surface area contributed by atoms with Crippen LogP contribution in [-0.4, -0.2) is 53.2 Å². The first-order chi connectivity index (χ1) is 13.4. The lowest BCUT2D eigenvalue weighted by Gasteiger charge is -2.34. The van der Waals surface area contributed by atoms with Crippen molar-refractivity contribution in [1.29, 1.82) is 0 Å². The number of hydrogen-bond acceptors (Lipinski definition) is 5. The number of rotatable bonds is 7. The summed E-state index contributed by atoms with van der Waals surface area (Å²) < 4.78 is 28.6. The van der Waals surface area contributed by atoms with Crippen LogP contribution >= 0.6 is 0 Å². The molecule has 0 bridgehead atoms. The SMILES string of the molecule is CCN(CC)S(=O)(=O)N1CCC(c2cc(Nc3ccccn3)cc(C)n2)CC1. The molecule has 0 amide bonds. The molecule has 0 aromatic carbocycles. The Kier molecular flexibility index (Phi) is 6.64. The summed E-state index contributed by atoms with van der Waals surface area (Å²) in [5.74, 6) is 1.05. The van der Waals surface area contributed by atoms with Crippen LogP contribution in [0.5, 0.6) is 0 Å². The molecule has 3 rings (SSSR count). The van der Waals surface area contributed by atoms with Crippen LogP contribution in [0.4, 0.5) is 11.5 Å². The standard InChI is InChI=1S/C20H29N5O2S/c1-4-24(5-2)28(26,27)25-12-9-17(10-13-25)19-15-18(14-16(3)22-19)23-20-8-6-7-11-21-20/h6-8,11,14-15,17H,4-5,9-10,12-13H2,1-3H3,(H,21,22,23). The second-order valence-electron chi connectivity index (χ2n) is 7.03. The van der Waals surface area contributed by atoms with Gasteiger partial charge in [0, 0.05) is 55.4 Å². The largest absolute Gasteiger partial charge is 0.340 e. The van der Waals surface area contributed by atoms with Gasteiger partial charge in [-0.15, -0.1) is 0 Å². The van der Waals surface area contributed by atoms with Gasteiger partial charge in [-0.2, -0.15) is 17.0 Å². The molecule has 152 valence electrons. The first-order valence-electron chi connectivity index (χ1n) is 9.86. The highest BCUT2D eigenvalue weighted by Gasteiger charge is 2.32. The fourth-order valence-corrected chi connectivity index (χ4v) is 5.31. The summed E-state index contributed by atoms with van der Waals surface area (Å²) in [6.07, 6.45) is 3.31. The van der Waals surface area contributed by atoms with Crippen molar-refractivity contribution >= 4 is 21.7 Å². The van der Waals surface area contributed by atoms with Crippen molar-refractivity contribution in [2.24, 2.45) is 0 Å². The molecule has 0 aliphatic carbocycles. The van der Waals surface area contributed by atoms with Gasteiger partial charge in [-0.25, -0.2) is 4.98 Å². The molecule has 1 aliphatic heterocycles. The molecule has 0 saturated carbocycles. The Balaban J connectivity index is 1.70. The Morgan fingerprint density at radius 2 is 1.89 bits per heavy atom. The van der Waals surface area contributed by atoms with E-state index in [-0.39, 0.29) is 5.92 Å². The zero-order valence-electron chi connectivity index (χ0n) is 16.8. The molecule has 2 aromatic rings. The van der Waals surface area contributed by atoms with Crippen LogP contribution in [0.1, 0.15) is 44.0 Å². The maximum absolute atomic E-state index is 12.7. The smallest absolute Gasteiger partial charge is 0.281 e. The molecule has 0 radical (unpaired) electrons. The van der Waals surface area contributed by atoms with Crippen molar-refractivity contribution in [1.82, 2.24) is 18.6 Å². The lowest BCUT2D eigenvalue weighted by atomic mass is 9.93. The van der Waals surface area contributed by atoms with Crippen LogP contribution in [0, 0.1) is 6.92 Å². The first-order valence-corrected chi connectivity index (χ1v) is 11.3. The second-order valence-corrected chi connectivity index (χ2v) is 8.96. The number of pyridine rings is 2. The summed E-state index contributed by atoms with van der Waals surface area (Å²) in [6, 6.07) is 9.80. The number of hydrogen-bond donors (Lipinski definition) is 1. The zero-order chi connectivity index (χ0) is 20.1. The van der Waals surface area contributed by atoms with Gasteiger partial charge in [0.25, 0.3) is 10.2 Å². The van der Waals surface area contributed by atoms with Gasteiger partial charge in [-0.3, -0.25) is 4.98 Å². The number of piperidine rings is 1. The minimum atomic E-state index is -3.36. The summed E-state index contributed by atoms with van der Waals surface area (Å²) in [6.45, 7) is 7.79. The molecule has 3 heterocycles. The molecule has 1 fully saturated rings. The lowest BCUT2D eigenvalue weighted by Crippen LogP contribution is -2.46. The molecule has 1 saturated heterocycles. The van der Waals surface area contributed by atoms with E-state index in [0.717, 1.165) is 35.7 Å². The molecule has 7 nitrogen and oxygen atoms in total. The molecule has 0 atom stereocenters. The predicted octanol–water partition coefficient (Wildman–Crippen LogP) is 3.29. The van der Waals surface area contributed by atoms with Gasteiger partial charge >= 0.3 is 0 Å². The Bertz CT molecular complexity index is 877. The van der Waals surface area contributed by atoms with Gasteiger partial charge in [-0.1, -0.05) is 19.9 Å². The van der Waals surface area contributed by atoms with E-state index in [9.17, 15) is 8.42 Å². The van der Waals surface area contributed by atoms with Crippen molar-refractivity contribution < 1.29 is 8.42 Å². The molecule has 1 N–H and O–H groups in total. The van der Waals surface area contributed by atoms with Gasteiger partial charge in [0.1, 0.15) is 5.82 Å². The van der Waals surface area contributed by atoms with Crippen LogP contribution in [0.2, 0.25) is 0 Å². The quantitative estimate of drug-likeness (QED) is 0.767. The van der Waals surface area contributed by atoms with Crippen molar-refractivity contribution in [3.8, 4) is 0 Å². The third-order valence-corrected chi connectivity index (χ3v) is 7.33. The highest BCUT2D eigenvalue weighted by Crippen LogP contribution is 2.30. The predicted molar refractivity (Wildman–Crippen MR) is 112 cm³/mol. The van der Waals surface area contributed by atoms with Gasteiger partial charge in [-0.05, 0) is 44.0 Å². The van der Waals surface area contributed by atoms with E-state index in [1.807, 2.05) is 45.0 Å². The number of aryl methyl sites for hydroxylation is 1. The fourth-order valence-electron chi connectivity index (χ4n) is 3.66. The summed E-state index contributed by atoms with van der Waals surface area (Å²) in [5.41, 5.74) is 2.91. The van der Waals surface area contributed by atoms with Crippen LogP contribution in [0.25, 0.3) is 0 Å². The molecule has 2 aromatic heterocycles. The van der Waals surface area contributed by atoms with Gasteiger partial charge in [0.15, 0.2) is 0 Å². The normalized spacial score (nSPS) is 16.4. The highest BCUT2D eigenvalue weighted by molar-refractivity contribution is 7.86. The van der Waals surface area contributed by atoms with E-state index in [2.05, 4.69) is 16.4 Å². The van der Waals surface area contributed by atoms with Gasteiger partial charge in [0.05, 0.1) is 0 Å². The molecule has 0 spiro atoms. The van der Waals surface area contributed by atoms with Gasteiger partial charge in [0.2, 0.25) is 0 Å². The van der Waals surface area contributed by atoms with E-state index >= 15 is 0 Å².